The van der Waals surface area contributed by atoms with Crippen LogP contribution in [0.1, 0.15) is 44.2 Å². The fourth-order valence-electron chi connectivity index (χ4n) is 2.95. The zero-order chi connectivity index (χ0) is 14.4. The van der Waals surface area contributed by atoms with Gasteiger partial charge in [0.2, 0.25) is 5.91 Å². The Balaban J connectivity index is 2.02. The van der Waals surface area contributed by atoms with E-state index in [-0.39, 0.29) is 5.91 Å². The number of amides is 1. The maximum atomic E-state index is 12.3. The van der Waals surface area contributed by atoms with Crippen LogP contribution >= 0.6 is 0 Å². The molecule has 3 nitrogen and oxygen atoms in total. The summed E-state index contributed by atoms with van der Waals surface area (Å²) in [5.74, 6) is 0.650. The number of anilines is 1. The van der Waals surface area contributed by atoms with Crippen molar-refractivity contribution in [2.24, 2.45) is 5.92 Å². The average Bonchev–Trinajstić information content (AvgIpc) is 2.48. The number of piperidine rings is 1. The Morgan fingerprint density at radius 2 is 2.00 bits per heavy atom. The summed E-state index contributed by atoms with van der Waals surface area (Å²) in [6, 6.07) is 6.30. The molecular formula is C17H26N2O. The Bertz CT molecular complexity index is 428. The molecule has 3 heteroatoms. The Morgan fingerprint density at radius 1 is 1.30 bits per heavy atom. The van der Waals surface area contributed by atoms with Crippen LogP contribution in [0.25, 0.3) is 0 Å². The van der Waals surface area contributed by atoms with Gasteiger partial charge >= 0.3 is 0 Å². The standard InChI is InChI=1S/C17H26N2O/c1-3-14-8-5-9-15(4-2)17(14)19-16(20)11-13-7-6-10-18-12-13/h5,8-9,13,18H,3-4,6-7,10-12H2,1-2H3,(H,19,20). The van der Waals surface area contributed by atoms with Gasteiger partial charge < -0.3 is 10.6 Å². The quantitative estimate of drug-likeness (QED) is 0.866. The van der Waals surface area contributed by atoms with Crippen LogP contribution in [0.15, 0.2) is 18.2 Å². The maximum Gasteiger partial charge on any atom is 0.224 e. The zero-order valence-electron chi connectivity index (χ0n) is 12.7. The van der Waals surface area contributed by atoms with Gasteiger partial charge in [0.05, 0.1) is 0 Å². The van der Waals surface area contributed by atoms with Crippen molar-refractivity contribution in [1.29, 1.82) is 0 Å². The summed E-state index contributed by atoms with van der Waals surface area (Å²) in [6.45, 7) is 6.34. The highest BCUT2D eigenvalue weighted by molar-refractivity contribution is 5.92. The smallest absolute Gasteiger partial charge is 0.224 e. The minimum atomic E-state index is 0.161. The lowest BCUT2D eigenvalue weighted by Crippen LogP contribution is -2.32. The maximum absolute atomic E-state index is 12.3. The zero-order valence-corrected chi connectivity index (χ0v) is 12.7. The van der Waals surface area contributed by atoms with Gasteiger partial charge in [-0.3, -0.25) is 4.79 Å². The fourth-order valence-corrected chi connectivity index (χ4v) is 2.95. The molecule has 0 spiro atoms. The second kappa shape index (κ2) is 7.44. The molecule has 1 atom stereocenters. The molecule has 0 radical (unpaired) electrons. The number of hydrogen-bond acceptors (Lipinski definition) is 2. The van der Waals surface area contributed by atoms with E-state index < -0.39 is 0 Å². The van der Waals surface area contributed by atoms with Crippen molar-refractivity contribution in [2.45, 2.75) is 46.0 Å². The van der Waals surface area contributed by atoms with E-state index in [4.69, 9.17) is 0 Å². The number of benzene rings is 1. The molecule has 1 saturated heterocycles. The van der Waals surface area contributed by atoms with E-state index in [0.717, 1.165) is 38.0 Å². The number of carbonyl (C=O) groups excluding carboxylic acids is 1. The summed E-state index contributed by atoms with van der Waals surface area (Å²) in [5.41, 5.74) is 3.52. The van der Waals surface area contributed by atoms with Crippen LogP contribution in [-0.2, 0) is 17.6 Å². The van der Waals surface area contributed by atoms with Crippen molar-refractivity contribution >= 4 is 11.6 Å². The first kappa shape index (κ1) is 15.0. The molecule has 20 heavy (non-hydrogen) atoms. The summed E-state index contributed by atoms with van der Waals surface area (Å²) in [5, 5.41) is 6.53. The molecule has 0 bridgehead atoms. The van der Waals surface area contributed by atoms with Crippen LogP contribution in [-0.4, -0.2) is 19.0 Å². The highest BCUT2D eigenvalue weighted by Gasteiger charge is 2.18. The van der Waals surface area contributed by atoms with Gasteiger partial charge in [-0.1, -0.05) is 32.0 Å². The molecule has 0 aromatic heterocycles. The van der Waals surface area contributed by atoms with Gasteiger partial charge in [0, 0.05) is 12.1 Å². The molecule has 1 aliphatic rings. The third-order valence-electron chi connectivity index (χ3n) is 4.14. The summed E-state index contributed by atoms with van der Waals surface area (Å²) >= 11 is 0. The lowest BCUT2D eigenvalue weighted by atomic mass is 9.95. The van der Waals surface area contributed by atoms with Crippen molar-refractivity contribution < 1.29 is 4.79 Å². The molecule has 2 N–H and O–H groups in total. The Labute approximate surface area is 122 Å². The summed E-state index contributed by atoms with van der Waals surface area (Å²) < 4.78 is 0. The van der Waals surface area contributed by atoms with Crippen LogP contribution in [0.4, 0.5) is 5.69 Å². The minimum Gasteiger partial charge on any atom is -0.326 e. The van der Waals surface area contributed by atoms with Crippen molar-refractivity contribution in [3.8, 4) is 0 Å². The highest BCUT2D eigenvalue weighted by atomic mass is 16.1. The minimum absolute atomic E-state index is 0.161. The Kier molecular flexibility index (Phi) is 5.60. The molecule has 0 saturated carbocycles. The molecular weight excluding hydrogens is 248 g/mol. The van der Waals surface area contributed by atoms with Gasteiger partial charge in [0.25, 0.3) is 0 Å². The monoisotopic (exact) mass is 274 g/mol. The van der Waals surface area contributed by atoms with Gasteiger partial charge in [-0.2, -0.15) is 0 Å². The number of aryl methyl sites for hydroxylation is 2. The fraction of sp³-hybridized carbons (Fsp3) is 0.588. The van der Waals surface area contributed by atoms with E-state index in [1.165, 1.54) is 17.5 Å². The van der Waals surface area contributed by atoms with Gasteiger partial charge in [-0.15, -0.1) is 0 Å². The molecule has 0 aliphatic carbocycles. The van der Waals surface area contributed by atoms with E-state index in [0.29, 0.717) is 12.3 Å². The van der Waals surface area contributed by atoms with E-state index >= 15 is 0 Å². The molecule has 1 fully saturated rings. The SMILES string of the molecule is CCc1cccc(CC)c1NC(=O)CC1CCCNC1. The van der Waals surface area contributed by atoms with Crippen LogP contribution in [0.5, 0.6) is 0 Å². The summed E-state index contributed by atoms with van der Waals surface area (Å²) in [7, 11) is 0. The number of para-hydroxylation sites is 1. The molecule has 110 valence electrons. The molecule has 1 amide bonds. The molecule has 1 aromatic rings. The Hall–Kier alpha value is -1.35. The van der Waals surface area contributed by atoms with E-state index in [9.17, 15) is 4.79 Å². The number of nitrogens with one attached hydrogen (secondary N) is 2. The van der Waals surface area contributed by atoms with Crippen LogP contribution in [0, 0.1) is 5.92 Å². The lowest BCUT2D eigenvalue weighted by molar-refractivity contribution is -0.117. The van der Waals surface area contributed by atoms with Gasteiger partial charge in [-0.25, -0.2) is 0 Å². The molecule has 1 heterocycles. The average molecular weight is 274 g/mol. The Morgan fingerprint density at radius 3 is 2.55 bits per heavy atom. The van der Waals surface area contributed by atoms with Gasteiger partial charge in [-0.05, 0) is 55.8 Å². The van der Waals surface area contributed by atoms with Crippen LogP contribution < -0.4 is 10.6 Å². The van der Waals surface area contributed by atoms with Crippen molar-refractivity contribution in [3.63, 3.8) is 0 Å². The summed E-state index contributed by atoms with van der Waals surface area (Å²) in [4.78, 5) is 12.3. The number of carbonyl (C=O) groups is 1. The second-order valence-electron chi connectivity index (χ2n) is 5.62. The predicted octanol–water partition coefficient (Wildman–Crippen LogP) is 3.14. The third kappa shape index (κ3) is 3.83. The van der Waals surface area contributed by atoms with Crippen molar-refractivity contribution in [1.82, 2.24) is 5.32 Å². The van der Waals surface area contributed by atoms with Crippen molar-refractivity contribution in [2.75, 3.05) is 18.4 Å². The third-order valence-corrected chi connectivity index (χ3v) is 4.14. The first-order valence-electron chi connectivity index (χ1n) is 7.85. The van der Waals surface area contributed by atoms with E-state index in [1.807, 2.05) is 0 Å². The summed E-state index contributed by atoms with van der Waals surface area (Å²) in [6.07, 6.45) is 4.89. The number of rotatable bonds is 5. The van der Waals surface area contributed by atoms with Crippen LogP contribution in [0.2, 0.25) is 0 Å². The van der Waals surface area contributed by atoms with Crippen molar-refractivity contribution in [3.05, 3.63) is 29.3 Å². The first-order chi connectivity index (χ1) is 9.74. The van der Waals surface area contributed by atoms with Gasteiger partial charge in [0.1, 0.15) is 0 Å². The molecule has 1 aromatic carbocycles. The first-order valence-corrected chi connectivity index (χ1v) is 7.85. The van der Waals surface area contributed by atoms with E-state index in [2.05, 4.69) is 42.7 Å². The van der Waals surface area contributed by atoms with E-state index in [1.54, 1.807) is 0 Å². The topological polar surface area (TPSA) is 41.1 Å². The normalized spacial score (nSPS) is 18.8. The molecule has 1 aliphatic heterocycles. The second-order valence-corrected chi connectivity index (χ2v) is 5.62. The molecule has 2 rings (SSSR count). The number of hydrogen-bond donors (Lipinski definition) is 2. The van der Waals surface area contributed by atoms with Gasteiger partial charge in [0.15, 0.2) is 0 Å². The molecule has 1 unspecified atom stereocenters. The predicted molar refractivity (Wildman–Crippen MR) is 84.0 cm³/mol. The van der Waals surface area contributed by atoms with Crippen LogP contribution in [0.3, 0.4) is 0 Å². The lowest BCUT2D eigenvalue weighted by Gasteiger charge is -2.22. The largest absolute Gasteiger partial charge is 0.326 e. The highest BCUT2D eigenvalue weighted by Crippen LogP contribution is 2.23.